The summed E-state index contributed by atoms with van der Waals surface area (Å²) in [4.78, 5) is 0. The zero-order chi connectivity index (χ0) is 20.0. The second kappa shape index (κ2) is 7.75. The fourth-order valence-corrected chi connectivity index (χ4v) is 8.46. The smallest absolute Gasteiger partial charge is 0.0495 e. The average molecular weight is 387 g/mol. The molecule has 2 saturated carbocycles. The Bertz CT molecular complexity index is 603. The van der Waals surface area contributed by atoms with Gasteiger partial charge in [-0.25, -0.2) is 0 Å². The first-order chi connectivity index (χ1) is 13.4. The van der Waals surface area contributed by atoms with Gasteiger partial charge in [-0.3, -0.25) is 0 Å². The summed E-state index contributed by atoms with van der Waals surface area (Å²) in [5, 5.41) is 10.4. The van der Waals surface area contributed by atoms with Crippen LogP contribution in [0.3, 0.4) is 0 Å². The van der Waals surface area contributed by atoms with Gasteiger partial charge in [-0.1, -0.05) is 70.9 Å². The maximum atomic E-state index is 10.4. The molecule has 1 nitrogen and oxygen atoms in total. The molecule has 5 unspecified atom stereocenters. The van der Waals surface area contributed by atoms with Crippen molar-refractivity contribution in [1.82, 2.24) is 0 Å². The van der Waals surface area contributed by atoms with E-state index in [4.69, 9.17) is 0 Å². The Morgan fingerprint density at radius 3 is 2.50 bits per heavy atom. The van der Waals surface area contributed by atoms with Crippen molar-refractivity contribution < 1.29 is 5.11 Å². The topological polar surface area (TPSA) is 20.2 Å². The first kappa shape index (κ1) is 21.0. The van der Waals surface area contributed by atoms with Crippen LogP contribution in [0.2, 0.25) is 0 Å². The van der Waals surface area contributed by atoms with E-state index in [0.29, 0.717) is 17.4 Å². The lowest BCUT2D eigenvalue weighted by atomic mass is 9.45. The molecule has 0 aromatic rings. The Morgan fingerprint density at radius 2 is 1.75 bits per heavy atom. The van der Waals surface area contributed by atoms with Gasteiger partial charge in [0.25, 0.3) is 0 Å². The third kappa shape index (κ3) is 3.14. The molecule has 28 heavy (non-hydrogen) atoms. The molecule has 0 spiro atoms. The van der Waals surface area contributed by atoms with Crippen LogP contribution in [0.1, 0.15) is 118 Å². The Hall–Kier alpha value is -0.300. The summed E-state index contributed by atoms with van der Waals surface area (Å²) in [6.45, 7) is 10.4. The SMILES string of the molecule is CC(C)CCCCC1CCC2C3=C(CCC12C)C1(C)CCCCC1(CO)CC3. The first-order valence-corrected chi connectivity index (χ1v) is 12.7. The van der Waals surface area contributed by atoms with Gasteiger partial charge in [-0.15, -0.1) is 0 Å². The lowest BCUT2D eigenvalue weighted by molar-refractivity contribution is -0.0475. The first-order valence-electron chi connectivity index (χ1n) is 12.7. The number of aliphatic hydroxyl groups excluding tert-OH is 1. The van der Waals surface area contributed by atoms with Crippen molar-refractivity contribution in [2.45, 2.75) is 118 Å². The summed E-state index contributed by atoms with van der Waals surface area (Å²) in [6.07, 6.45) is 19.3. The van der Waals surface area contributed by atoms with E-state index < -0.39 is 0 Å². The van der Waals surface area contributed by atoms with Gasteiger partial charge in [0.05, 0.1) is 0 Å². The van der Waals surface area contributed by atoms with Gasteiger partial charge in [-0.2, -0.15) is 0 Å². The molecule has 0 heterocycles. The third-order valence-corrected chi connectivity index (χ3v) is 10.4. The number of rotatable bonds is 6. The number of aliphatic hydroxyl groups is 1. The highest BCUT2D eigenvalue weighted by molar-refractivity contribution is 5.36. The number of hydrogen-bond acceptors (Lipinski definition) is 1. The standard InChI is InChI=1S/C27H46O/c1-20(2)9-5-6-10-21-11-12-23-22-13-18-27(19-28)16-8-7-15-26(27,4)24(22)14-17-25(21,23)3/h20-21,23,28H,5-19H2,1-4H3. The predicted molar refractivity (Wildman–Crippen MR) is 119 cm³/mol. The van der Waals surface area contributed by atoms with Crippen molar-refractivity contribution in [3.8, 4) is 0 Å². The van der Waals surface area contributed by atoms with E-state index in [-0.39, 0.29) is 5.41 Å². The van der Waals surface area contributed by atoms with Gasteiger partial charge >= 0.3 is 0 Å². The van der Waals surface area contributed by atoms with E-state index in [1.165, 1.54) is 89.9 Å². The molecule has 2 fully saturated rings. The van der Waals surface area contributed by atoms with Crippen LogP contribution in [0.15, 0.2) is 11.1 Å². The quantitative estimate of drug-likeness (QED) is 0.366. The predicted octanol–water partition coefficient (Wildman–Crippen LogP) is 7.68. The molecule has 1 N–H and O–H groups in total. The highest BCUT2D eigenvalue weighted by Gasteiger charge is 2.58. The second-order valence-electron chi connectivity index (χ2n) is 12.0. The number of fused-ring (bicyclic) bond motifs is 4. The van der Waals surface area contributed by atoms with E-state index in [9.17, 15) is 5.11 Å². The zero-order valence-corrected chi connectivity index (χ0v) is 19.3. The van der Waals surface area contributed by atoms with Crippen LogP contribution in [0.4, 0.5) is 0 Å². The van der Waals surface area contributed by atoms with Crippen LogP contribution in [-0.4, -0.2) is 11.7 Å². The highest BCUT2D eigenvalue weighted by atomic mass is 16.3. The van der Waals surface area contributed by atoms with Gasteiger partial charge < -0.3 is 5.11 Å². The molecule has 4 aliphatic rings. The molecule has 0 bridgehead atoms. The number of allylic oxidation sites excluding steroid dienone is 2. The monoisotopic (exact) mass is 386 g/mol. The third-order valence-electron chi connectivity index (χ3n) is 10.4. The molecule has 0 aromatic heterocycles. The molecule has 4 aliphatic carbocycles. The van der Waals surface area contributed by atoms with Crippen molar-refractivity contribution in [3.05, 3.63) is 11.1 Å². The minimum Gasteiger partial charge on any atom is -0.396 e. The van der Waals surface area contributed by atoms with Gasteiger partial charge in [0, 0.05) is 12.0 Å². The van der Waals surface area contributed by atoms with Crippen molar-refractivity contribution in [1.29, 1.82) is 0 Å². The fraction of sp³-hybridized carbons (Fsp3) is 0.926. The second-order valence-corrected chi connectivity index (χ2v) is 12.0. The molecule has 160 valence electrons. The van der Waals surface area contributed by atoms with E-state index >= 15 is 0 Å². The minimum absolute atomic E-state index is 0.201. The molecular weight excluding hydrogens is 340 g/mol. The number of unbranched alkanes of at least 4 members (excludes halogenated alkanes) is 1. The van der Waals surface area contributed by atoms with Crippen LogP contribution in [0, 0.1) is 34.0 Å². The molecular formula is C27H46O. The summed E-state index contributed by atoms with van der Waals surface area (Å²) in [6, 6.07) is 0. The molecule has 0 amide bonds. The Balaban J connectivity index is 1.54. The lowest BCUT2D eigenvalue weighted by Crippen LogP contribution is -2.51. The molecule has 1 heteroatoms. The highest BCUT2D eigenvalue weighted by Crippen LogP contribution is 2.68. The Labute approximate surface area is 174 Å². The summed E-state index contributed by atoms with van der Waals surface area (Å²) in [5.41, 5.74) is 4.81. The molecule has 0 radical (unpaired) electrons. The number of hydrogen-bond donors (Lipinski definition) is 1. The van der Waals surface area contributed by atoms with Crippen molar-refractivity contribution in [3.63, 3.8) is 0 Å². The summed E-state index contributed by atoms with van der Waals surface area (Å²) >= 11 is 0. The molecule has 0 saturated heterocycles. The van der Waals surface area contributed by atoms with Gasteiger partial charge in [0.1, 0.15) is 0 Å². The van der Waals surface area contributed by atoms with Crippen LogP contribution < -0.4 is 0 Å². The molecule has 0 aromatic carbocycles. The Kier molecular flexibility index (Phi) is 5.80. The summed E-state index contributed by atoms with van der Waals surface area (Å²) < 4.78 is 0. The lowest BCUT2D eigenvalue weighted by Gasteiger charge is -2.59. The Morgan fingerprint density at radius 1 is 0.964 bits per heavy atom. The molecule has 4 rings (SSSR count). The maximum absolute atomic E-state index is 10.4. The average Bonchev–Trinajstić information content (AvgIpc) is 3.01. The normalized spacial score (nSPS) is 43.1. The van der Waals surface area contributed by atoms with Crippen molar-refractivity contribution in [2.75, 3.05) is 6.61 Å². The van der Waals surface area contributed by atoms with Gasteiger partial charge in [-0.05, 0) is 86.4 Å². The van der Waals surface area contributed by atoms with Crippen molar-refractivity contribution in [2.24, 2.45) is 34.0 Å². The van der Waals surface area contributed by atoms with E-state index in [1.807, 2.05) is 11.1 Å². The van der Waals surface area contributed by atoms with E-state index in [0.717, 1.165) is 17.8 Å². The van der Waals surface area contributed by atoms with Crippen molar-refractivity contribution >= 4 is 0 Å². The summed E-state index contributed by atoms with van der Waals surface area (Å²) in [5.74, 6) is 2.68. The van der Waals surface area contributed by atoms with Crippen LogP contribution >= 0.6 is 0 Å². The zero-order valence-electron chi connectivity index (χ0n) is 19.3. The van der Waals surface area contributed by atoms with Crippen LogP contribution in [-0.2, 0) is 0 Å². The maximum Gasteiger partial charge on any atom is 0.0495 e. The van der Waals surface area contributed by atoms with E-state index in [1.54, 1.807) is 0 Å². The van der Waals surface area contributed by atoms with E-state index in [2.05, 4.69) is 27.7 Å². The van der Waals surface area contributed by atoms with Crippen LogP contribution in [0.5, 0.6) is 0 Å². The van der Waals surface area contributed by atoms with Gasteiger partial charge in [0.2, 0.25) is 0 Å². The molecule has 5 atom stereocenters. The summed E-state index contributed by atoms with van der Waals surface area (Å²) in [7, 11) is 0. The minimum atomic E-state index is 0.201. The fourth-order valence-electron chi connectivity index (χ4n) is 8.46. The molecule has 0 aliphatic heterocycles. The van der Waals surface area contributed by atoms with Gasteiger partial charge in [0.15, 0.2) is 0 Å². The van der Waals surface area contributed by atoms with Crippen LogP contribution in [0.25, 0.3) is 0 Å². The largest absolute Gasteiger partial charge is 0.396 e.